The van der Waals surface area contributed by atoms with Crippen molar-refractivity contribution in [3.63, 3.8) is 0 Å². The van der Waals surface area contributed by atoms with Crippen LogP contribution in [0.5, 0.6) is 0 Å². The molecular weight excluding hydrogens is 933 g/mol. The van der Waals surface area contributed by atoms with Crippen LogP contribution in [-0.2, 0) is 28.1 Å². The summed E-state index contributed by atoms with van der Waals surface area (Å²) in [6, 6.07) is 71.8. The van der Waals surface area contributed by atoms with Crippen LogP contribution in [0, 0.1) is 0 Å². The molecule has 0 spiro atoms. The van der Waals surface area contributed by atoms with Gasteiger partial charge in [-0.3, -0.25) is 0 Å². The van der Waals surface area contributed by atoms with Gasteiger partial charge in [0, 0.05) is 49.1 Å². The Hall–Kier alpha value is -8.20. The van der Waals surface area contributed by atoms with Crippen LogP contribution in [-0.4, -0.2) is 0 Å². The Kier molecular flexibility index (Phi) is 8.93. The van der Waals surface area contributed by atoms with Crippen molar-refractivity contribution in [1.29, 1.82) is 0 Å². The Morgan fingerprint density at radius 1 is 0.312 bits per heavy atom. The minimum Gasteiger partial charge on any atom is -0.456 e. The van der Waals surface area contributed by atoms with Crippen LogP contribution >= 0.6 is 0 Å². The van der Waals surface area contributed by atoms with Crippen molar-refractivity contribution in [2.45, 2.75) is 95.8 Å². The summed E-state index contributed by atoms with van der Waals surface area (Å²) in [5.41, 5.74) is 31.3. The Balaban J connectivity index is 0.797. The van der Waals surface area contributed by atoms with Gasteiger partial charge in [0.05, 0.1) is 0 Å². The zero-order chi connectivity index (χ0) is 52.1. The van der Waals surface area contributed by atoms with E-state index in [4.69, 9.17) is 8.83 Å². The number of hydrogen-bond acceptors (Lipinski definition) is 2. The quantitative estimate of drug-likeness (QED) is 0.166. The molecule has 12 aromatic rings. The molecule has 77 heavy (non-hydrogen) atoms. The van der Waals surface area contributed by atoms with E-state index in [-0.39, 0.29) is 27.6 Å². The molecule has 0 fully saturated rings. The summed E-state index contributed by atoms with van der Waals surface area (Å²) in [7, 11) is 0. The van der Waals surface area contributed by atoms with Crippen molar-refractivity contribution in [1.82, 2.24) is 0 Å². The molecule has 0 saturated carbocycles. The van der Waals surface area contributed by atoms with Gasteiger partial charge in [-0.2, -0.15) is 0 Å². The van der Waals surface area contributed by atoms with E-state index in [0.29, 0.717) is 0 Å². The van der Waals surface area contributed by atoms with Crippen molar-refractivity contribution in [3.8, 4) is 55.6 Å². The van der Waals surface area contributed by atoms with E-state index in [1.165, 1.54) is 138 Å². The number of aryl methyl sites for hydroxylation is 1. The molecular formula is C75H60O2. The van der Waals surface area contributed by atoms with Crippen molar-refractivity contribution in [2.24, 2.45) is 0 Å². The summed E-state index contributed by atoms with van der Waals surface area (Å²) >= 11 is 0. The SMILES string of the molecule is CC1(C)c2cc(CCC(c3ccc4c(c3)C(C)(C)c3cc5c(cc3-4)C(C)(C)c3cccc4oc6cccc-5c6c34)c3ccccc3-c3ccccc3)ccc2-c2cc3c(cc21)-c1cccc2oc4cccc(c4c12)C3(C)C. The van der Waals surface area contributed by atoms with Gasteiger partial charge in [0.2, 0.25) is 0 Å². The monoisotopic (exact) mass is 992 g/mol. The molecule has 4 aliphatic rings. The van der Waals surface area contributed by atoms with Crippen LogP contribution in [0.4, 0.5) is 0 Å². The Morgan fingerprint density at radius 2 is 0.727 bits per heavy atom. The Labute approximate surface area is 451 Å². The van der Waals surface area contributed by atoms with Gasteiger partial charge in [0.1, 0.15) is 22.3 Å². The average molecular weight is 993 g/mol. The zero-order valence-electron chi connectivity index (χ0n) is 45.2. The molecule has 0 N–H and O–H groups in total. The van der Waals surface area contributed by atoms with E-state index in [1.54, 1.807) is 0 Å². The summed E-state index contributed by atoms with van der Waals surface area (Å²) in [5, 5.41) is 4.98. The van der Waals surface area contributed by atoms with E-state index >= 15 is 0 Å². The van der Waals surface area contributed by atoms with Crippen LogP contribution in [0.2, 0.25) is 0 Å². The van der Waals surface area contributed by atoms with Gasteiger partial charge in [-0.05, 0) is 178 Å². The average Bonchev–Trinajstić information content (AvgIpc) is 4.30. The maximum Gasteiger partial charge on any atom is 0.136 e. The fourth-order valence-corrected chi connectivity index (χ4v) is 15.5. The fraction of sp³-hybridized carbons (Fsp3) is 0.200. The molecule has 2 aromatic heterocycles. The topological polar surface area (TPSA) is 26.3 Å². The normalized spacial score (nSPS) is 16.5. The van der Waals surface area contributed by atoms with Gasteiger partial charge in [-0.1, -0.05) is 195 Å². The van der Waals surface area contributed by atoms with Crippen molar-refractivity contribution in [2.75, 3.05) is 0 Å². The van der Waals surface area contributed by atoms with Gasteiger partial charge < -0.3 is 8.83 Å². The minimum absolute atomic E-state index is 0.154. The van der Waals surface area contributed by atoms with Crippen LogP contribution in [0.15, 0.2) is 197 Å². The van der Waals surface area contributed by atoms with Gasteiger partial charge in [0.15, 0.2) is 0 Å². The number of rotatable bonds is 6. The van der Waals surface area contributed by atoms with Crippen LogP contribution in [0.3, 0.4) is 0 Å². The number of benzene rings is 10. The predicted octanol–water partition coefficient (Wildman–Crippen LogP) is 20.1. The third-order valence-corrected chi connectivity index (χ3v) is 19.6. The van der Waals surface area contributed by atoms with Crippen LogP contribution < -0.4 is 0 Å². The highest BCUT2D eigenvalue weighted by Crippen LogP contribution is 2.59. The standard InChI is InChI=1S/C75H60O2/c1-72(2)56-24-16-28-66-70(56)68-50(22-14-26-64(68)76-66)54-40-60-52(38-62(54)72)48-34-31-42(36-58(48)74(60,5)6)30-33-46(47-21-13-12-20-45(47)43-18-10-9-11-19-43)44-32-35-49-53-39-63-55(41-61(53)75(7,8)59(49)37-44)51-23-15-27-65-69(51)71-57(73(63,3)4)25-17-29-67(71)77-65/h9-29,31-32,34-41,46H,30,33H2,1-8H3. The molecule has 0 aliphatic heterocycles. The lowest BCUT2D eigenvalue weighted by Gasteiger charge is -2.30. The second-order valence-corrected chi connectivity index (χ2v) is 25.0. The summed E-state index contributed by atoms with van der Waals surface area (Å²) in [6.07, 6.45) is 1.92. The molecule has 1 unspecified atom stereocenters. The zero-order valence-corrected chi connectivity index (χ0v) is 45.2. The second-order valence-electron chi connectivity index (χ2n) is 25.0. The highest BCUT2D eigenvalue weighted by Gasteiger charge is 2.43. The van der Waals surface area contributed by atoms with Crippen molar-refractivity contribution >= 4 is 43.9 Å². The Morgan fingerprint density at radius 3 is 1.27 bits per heavy atom. The fourth-order valence-electron chi connectivity index (χ4n) is 15.5. The summed E-state index contributed by atoms with van der Waals surface area (Å²) in [4.78, 5) is 0. The molecule has 0 amide bonds. The molecule has 2 heteroatoms. The van der Waals surface area contributed by atoms with Gasteiger partial charge in [0.25, 0.3) is 0 Å². The third kappa shape index (κ3) is 5.97. The number of furan rings is 2. The molecule has 4 aliphatic carbocycles. The van der Waals surface area contributed by atoms with E-state index in [0.717, 1.165) is 35.2 Å². The first kappa shape index (κ1) is 45.0. The number of fused-ring (bicyclic) bond motifs is 10. The van der Waals surface area contributed by atoms with E-state index in [1.807, 2.05) is 0 Å². The largest absolute Gasteiger partial charge is 0.456 e. The first-order valence-electron chi connectivity index (χ1n) is 27.9. The van der Waals surface area contributed by atoms with Crippen molar-refractivity contribution < 1.29 is 8.83 Å². The highest BCUT2D eigenvalue weighted by molar-refractivity contribution is 6.17. The first-order valence-corrected chi connectivity index (χ1v) is 27.9. The molecule has 0 radical (unpaired) electrons. The highest BCUT2D eigenvalue weighted by atomic mass is 16.3. The maximum absolute atomic E-state index is 6.55. The molecule has 372 valence electrons. The maximum atomic E-state index is 6.55. The van der Waals surface area contributed by atoms with Gasteiger partial charge in [-0.15, -0.1) is 0 Å². The van der Waals surface area contributed by atoms with E-state index < -0.39 is 0 Å². The third-order valence-electron chi connectivity index (χ3n) is 19.6. The molecule has 1 atom stereocenters. The smallest absolute Gasteiger partial charge is 0.136 e. The lowest BCUT2D eigenvalue weighted by atomic mass is 9.73. The Bertz CT molecular complexity index is 4560. The van der Waals surface area contributed by atoms with E-state index in [2.05, 4.69) is 243 Å². The summed E-state index contributed by atoms with van der Waals surface area (Å²) in [5.74, 6) is 0.154. The van der Waals surface area contributed by atoms with Crippen LogP contribution in [0.1, 0.15) is 129 Å². The molecule has 16 rings (SSSR count). The molecule has 2 nitrogen and oxygen atoms in total. The van der Waals surface area contributed by atoms with Crippen LogP contribution in [0.25, 0.3) is 99.5 Å². The molecule has 0 saturated heterocycles. The lowest BCUT2D eigenvalue weighted by Crippen LogP contribution is -2.21. The first-order chi connectivity index (χ1) is 37.2. The number of hydrogen-bond donors (Lipinski definition) is 0. The molecule has 10 aromatic carbocycles. The minimum atomic E-state index is -0.250. The predicted molar refractivity (Wildman–Crippen MR) is 320 cm³/mol. The molecule has 2 heterocycles. The van der Waals surface area contributed by atoms with Gasteiger partial charge in [-0.25, -0.2) is 0 Å². The van der Waals surface area contributed by atoms with Crippen molar-refractivity contribution in [3.05, 3.63) is 249 Å². The van der Waals surface area contributed by atoms with E-state index in [9.17, 15) is 0 Å². The lowest BCUT2D eigenvalue weighted by molar-refractivity contribution is 0.638. The summed E-state index contributed by atoms with van der Waals surface area (Å²) in [6.45, 7) is 19.4. The second kappa shape index (κ2) is 15.3. The molecule has 0 bridgehead atoms. The summed E-state index contributed by atoms with van der Waals surface area (Å²) < 4.78 is 13.1. The van der Waals surface area contributed by atoms with Gasteiger partial charge >= 0.3 is 0 Å².